The zero-order chi connectivity index (χ0) is 18.6. The highest BCUT2D eigenvalue weighted by atomic mass is 16.6. The maximum absolute atomic E-state index is 12.3. The molecule has 2 aromatic rings. The van der Waals surface area contributed by atoms with Gasteiger partial charge in [-0.25, -0.2) is 9.59 Å². The molecule has 0 amide bonds. The third kappa shape index (κ3) is 3.62. The van der Waals surface area contributed by atoms with Crippen LogP contribution in [0.15, 0.2) is 18.2 Å². The van der Waals surface area contributed by atoms with Crippen LogP contribution in [0.3, 0.4) is 0 Å². The highest BCUT2D eigenvalue weighted by molar-refractivity contribution is 6.01. The third-order valence-electron chi connectivity index (χ3n) is 3.16. The summed E-state index contributed by atoms with van der Waals surface area (Å²) in [5.41, 5.74) is -0.339. The van der Waals surface area contributed by atoms with Crippen LogP contribution in [0, 0.1) is 17.0 Å². The summed E-state index contributed by atoms with van der Waals surface area (Å²) in [6.07, 6.45) is 0. The SMILES string of the molecule is CCOC(=O)c1nnn(-c2ccc(C)cc2[N+](=O)[O-])c1C(=O)OCC. The van der Waals surface area contributed by atoms with Crippen molar-refractivity contribution in [3.8, 4) is 5.69 Å². The Hall–Kier alpha value is -3.30. The van der Waals surface area contributed by atoms with Gasteiger partial charge < -0.3 is 9.47 Å². The maximum atomic E-state index is 12.3. The maximum Gasteiger partial charge on any atom is 0.361 e. The first kappa shape index (κ1) is 18.0. The van der Waals surface area contributed by atoms with E-state index in [1.165, 1.54) is 12.1 Å². The Morgan fingerprint density at radius 2 is 1.84 bits per heavy atom. The van der Waals surface area contributed by atoms with Gasteiger partial charge in [0.15, 0.2) is 5.69 Å². The van der Waals surface area contributed by atoms with Crippen molar-refractivity contribution in [2.45, 2.75) is 20.8 Å². The summed E-state index contributed by atoms with van der Waals surface area (Å²) >= 11 is 0. The van der Waals surface area contributed by atoms with Crippen LogP contribution in [0.2, 0.25) is 0 Å². The molecule has 1 aromatic heterocycles. The number of hydrogen-bond acceptors (Lipinski definition) is 8. The number of carbonyl (C=O) groups excluding carboxylic acids is 2. The van der Waals surface area contributed by atoms with Crippen molar-refractivity contribution in [2.75, 3.05) is 13.2 Å². The number of hydrogen-bond donors (Lipinski definition) is 0. The van der Waals surface area contributed by atoms with Crippen LogP contribution in [0.5, 0.6) is 0 Å². The van der Waals surface area contributed by atoms with E-state index in [0.717, 1.165) is 4.68 Å². The van der Waals surface area contributed by atoms with E-state index < -0.39 is 16.9 Å². The van der Waals surface area contributed by atoms with Gasteiger partial charge in [-0.2, -0.15) is 4.68 Å². The Bertz CT molecular complexity index is 829. The van der Waals surface area contributed by atoms with Gasteiger partial charge in [0.25, 0.3) is 5.69 Å². The average molecular weight is 348 g/mol. The van der Waals surface area contributed by atoms with Gasteiger partial charge in [-0.3, -0.25) is 10.1 Å². The van der Waals surface area contributed by atoms with E-state index in [0.29, 0.717) is 5.56 Å². The monoisotopic (exact) mass is 348 g/mol. The lowest BCUT2D eigenvalue weighted by atomic mass is 10.2. The van der Waals surface area contributed by atoms with Gasteiger partial charge in [0.2, 0.25) is 5.69 Å². The molecule has 0 bridgehead atoms. The largest absolute Gasteiger partial charge is 0.461 e. The summed E-state index contributed by atoms with van der Waals surface area (Å²) in [7, 11) is 0. The number of esters is 2. The van der Waals surface area contributed by atoms with Crippen LogP contribution in [0.1, 0.15) is 40.4 Å². The van der Waals surface area contributed by atoms with Gasteiger partial charge in [0.05, 0.1) is 18.1 Å². The molecule has 2 rings (SSSR count). The fourth-order valence-electron chi connectivity index (χ4n) is 2.13. The molecule has 0 saturated carbocycles. The molecule has 0 atom stereocenters. The number of carbonyl (C=O) groups is 2. The highest BCUT2D eigenvalue weighted by Crippen LogP contribution is 2.26. The predicted octanol–water partition coefficient (Wildman–Crippen LogP) is 1.84. The lowest BCUT2D eigenvalue weighted by molar-refractivity contribution is -0.384. The standard InChI is InChI=1S/C15H16N4O6/c1-4-24-14(20)12-13(15(21)25-5-2)18(17-16-12)10-7-6-9(3)8-11(10)19(22)23/h6-8H,4-5H2,1-3H3. The van der Waals surface area contributed by atoms with Crippen molar-refractivity contribution in [3.05, 3.63) is 45.3 Å². The molecule has 1 heterocycles. The van der Waals surface area contributed by atoms with Crippen LogP contribution in [-0.4, -0.2) is 45.1 Å². The van der Waals surface area contributed by atoms with Crippen LogP contribution >= 0.6 is 0 Å². The first-order valence-corrected chi connectivity index (χ1v) is 7.46. The molecule has 0 saturated heterocycles. The van der Waals surface area contributed by atoms with E-state index >= 15 is 0 Å². The number of benzene rings is 1. The second-order valence-corrected chi connectivity index (χ2v) is 4.89. The number of aromatic nitrogens is 3. The quantitative estimate of drug-likeness (QED) is 0.439. The van der Waals surface area contributed by atoms with Gasteiger partial charge in [0.1, 0.15) is 5.69 Å². The number of nitro benzene ring substituents is 1. The minimum Gasteiger partial charge on any atom is -0.461 e. The molecular weight excluding hydrogens is 332 g/mol. The van der Waals surface area contributed by atoms with Crippen LogP contribution < -0.4 is 0 Å². The molecule has 25 heavy (non-hydrogen) atoms. The van der Waals surface area contributed by atoms with Crippen molar-refractivity contribution in [1.82, 2.24) is 15.0 Å². The average Bonchev–Trinajstić information content (AvgIpc) is 3.00. The number of rotatable bonds is 6. The van der Waals surface area contributed by atoms with Gasteiger partial charge in [0, 0.05) is 6.07 Å². The molecule has 0 aliphatic heterocycles. The Labute approximate surface area is 142 Å². The van der Waals surface area contributed by atoms with Crippen molar-refractivity contribution in [2.24, 2.45) is 0 Å². The van der Waals surface area contributed by atoms with E-state index in [-0.39, 0.29) is 36.0 Å². The summed E-state index contributed by atoms with van der Waals surface area (Å²) < 4.78 is 10.7. The van der Waals surface area contributed by atoms with Crippen LogP contribution in [0.4, 0.5) is 5.69 Å². The van der Waals surface area contributed by atoms with Gasteiger partial charge in [-0.15, -0.1) is 5.10 Å². The molecule has 10 heteroatoms. The molecule has 0 fully saturated rings. The Balaban J connectivity index is 2.68. The Morgan fingerprint density at radius 3 is 2.44 bits per heavy atom. The van der Waals surface area contributed by atoms with Crippen LogP contribution in [0.25, 0.3) is 5.69 Å². The fraction of sp³-hybridized carbons (Fsp3) is 0.333. The molecule has 0 spiro atoms. The smallest absolute Gasteiger partial charge is 0.361 e. The second kappa shape index (κ2) is 7.51. The third-order valence-corrected chi connectivity index (χ3v) is 3.16. The molecule has 1 aromatic carbocycles. The van der Waals surface area contributed by atoms with Crippen LogP contribution in [-0.2, 0) is 9.47 Å². The summed E-state index contributed by atoms with van der Waals surface area (Å²) in [5.74, 6) is -1.75. The molecule has 0 N–H and O–H groups in total. The molecule has 132 valence electrons. The van der Waals surface area contributed by atoms with Gasteiger partial charge in [-0.05, 0) is 32.4 Å². The van der Waals surface area contributed by atoms with Crippen molar-refractivity contribution in [3.63, 3.8) is 0 Å². The summed E-state index contributed by atoms with van der Waals surface area (Å²) in [4.78, 5) is 35.0. The normalized spacial score (nSPS) is 10.4. The predicted molar refractivity (Wildman–Crippen MR) is 84.7 cm³/mol. The van der Waals surface area contributed by atoms with E-state index in [4.69, 9.17) is 9.47 Å². The highest BCUT2D eigenvalue weighted by Gasteiger charge is 2.31. The minimum absolute atomic E-state index is 0.0123. The second-order valence-electron chi connectivity index (χ2n) is 4.89. The molecule has 10 nitrogen and oxygen atoms in total. The molecule has 0 unspecified atom stereocenters. The zero-order valence-corrected chi connectivity index (χ0v) is 13.9. The topological polar surface area (TPSA) is 126 Å². The lowest BCUT2D eigenvalue weighted by Crippen LogP contribution is -2.18. The van der Waals surface area contributed by atoms with Crippen molar-refractivity contribution >= 4 is 17.6 Å². The summed E-state index contributed by atoms with van der Waals surface area (Å²) in [6.45, 7) is 4.98. The number of ether oxygens (including phenoxy) is 2. The molecule has 0 aliphatic carbocycles. The van der Waals surface area contributed by atoms with E-state index in [9.17, 15) is 19.7 Å². The fourth-order valence-corrected chi connectivity index (χ4v) is 2.13. The number of nitro groups is 1. The van der Waals surface area contributed by atoms with E-state index in [1.54, 1.807) is 26.8 Å². The van der Waals surface area contributed by atoms with Gasteiger partial charge >= 0.3 is 11.9 Å². The zero-order valence-electron chi connectivity index (χ0n) is 13.9. The summed E-state index contributed by atoms with van der Waals surface area (Å²) in [5, 5.41) is 18.7. The minimum atomic E-state index is -0.884. The first-order chi connectivity index (χ1) is 11.9. The van der Waals surface area contributed by atoms with Gasteiger partial charge in [-0.1, -0.05) is 11.3 Å². The lowest BCUT2D eigenvalue weighted by Gasteiger charge is -2.08. The number of aryl methyl sites for hydroxylation is 1. The van der Waals surface area contributed by atoms with Crippen molar-refractivity contribution < 1.29 is 24.0 Å². The summed E-state index contributed by atoms with van der Waals surface area (Å²) in [6, 6.07) is 4.36. The Kier molecular flexibility index (Phi) is 5.42. The Morgan fingerprint density at radius 1 is 1.20 bits per heavy atom. The molecule has 0 aliphatic rings. The van der Waals surface area contributed by atoms with Crippen molar-refractivity contribution in [1.29, 1.82) is 0 Å². The number of nitrogens with zero attached hydrogens (tertiary/aromatic N) is 4. The van der Waals surface area contributed by atoms with E-state index in [1.807, 2.05) is 0 Å². The molecule has 0 radical (unpaired) electrons. The first-order valence-electron chi connectivity index (χ1n) is 7.46. The van der Waals surface area contributed by atoms with E-state index in [2.05, 4.69) is 10.3 Å². The molecular formula is C15H16N4O6.